The molecule has 0 spiro atoms. The molecule has 92 valence electrons. The number of aromatic nitrogens is 2. The van der Waals surface area contributed by atoms with Gasteiger partial charge in [-0.25, -0.2) is 4.98 Å². The summed E-state index contributed by atoms with van der Waals surface area (Å²) in [6.45, 7) is 5.65. The number of unbranched alkanes of at least 4 members (excludes halogenated alkanes) is 5. The molecule has 0 aliphatic heterocycles. The lowest BCUT2D eigenvalue weighted by atomic mass is 10.1. The maximum absolute atomic E-state index is 4.43. The minimum absolute atomic E-state index is 1.14. The van der Waals surface area contributed by atoms with E-state index in [2.05, 4.69) is 29.6 Å². The smallest absolute Gasteiger partial charge is 0.108 e. The molecular formula is C14H26N2. The fourth-order valence-corrected chi connectivity index (χ4v) is 1.99. The van der Waals surface area contributed by atoms with Gasteiger partial charge < -0.3 is 4.57 Å². The summed E-state index contributed by atoms with van der Waals surface area (Å²) in [6, 6.07) is 0. The lowest BCUT2D eigenvalue weighted by molar-refractivity contribution is 0.549. The first-order chi connectivity index (χ1) is 7.88. The number of rotatable bonds is 9. The molecule has 0 atom stereocenters. The van der Waals surface area contributed by atoms with Gasteiger partial charge in [-0.15, -0.1) is 0 Å². The van der Waals surface area contributed by atoms with Gasteiger partial charge in [-0.1, -0.05) is 46.0 Å². The zero-order valence-electron chi connectivity index (χ0n) is 10.9. The van der Waals surface area contributed by atoms with Crippen molar-refractivity contribution in [1.82, 2.24) is 9.55 Å². The van der Waals surface area contributed by atoms with Crippen LogP contribution in [0.5, 0.6) is 0 Å². The first-order valence-corrected chi connectivity index (χ1v) is 6.88. The van der Waals surface area contributed by atoms with Gasteiger partial charge in [0.2, 0.25) is 0 Å². The van der Waals surface area contributed by atoms with Gasteiger partial charge in [-0.3, -0.25) is 0 Å². The van der Waals surface area contributed by atoms with Crippen molar-refractivity contribution in [1.29, 1.82) is 0 Å². The van der Waals surface area contributed by atoms with Crippen LogP contribution in [0.1, 0.15) is 64.6 Å². The second-order valence-corrected chi connectivity index (χ2v) is 4.55. The van der Waals surface area contributed by atoms with E-state index in [-0.39, 0.29) is 0 Å². The summed E-state index contributed by atoms with van der Waals surface area (Å²) >= 11 is 0. The van der Waals surface area contributed by atoms with Crippen molar-refractivity contribution >= 4 is 0 Å². The number of hydrogen-bond acceptors (Lipinski definition) is 1. The molecule has 0 N–H and O–H groups in total. The summed E-state index contributed by atoms with van der Waals surface area (Å²) in [5, 5.41) is 0. The molecule has 0 bridgehead atoms. The minimum atomic E-state index is 1.14. The van der Waals surface area contributed by atoms with Crippen LogP contribution in [0.15, 0.2) is 12.4 Å². The third-order valence-corrected chi connectivity index (χ3v) is 3.06. The van der Waals surface area contributed by atoms with Gasteiger partial charge in [0.15, 0.2) is 0 Å². The van der Waals surface area contributed by atoms with Gasteiger partial charge >= 0.3 is 0 Å². The van der Waals surface area contributed by atoms with E-state index in [0.29, 0.717) is 0 Å². The van der Waals surface area contributed by atoms with Crippen molar-refractivity contribution in [2.75, 3.05) is 0 Å². The van der Waals surface area contributed by atoms with Crippen LogP contribution in [0, 0.1) is 0 Å². The molecule has 1 heterocycles. The Balaban J connectivity index is 2.22. The molecule has 16 heavy (non-hydrogen) atoms. The summed E-state index contributed by atoms with van der Waals surface area (Å²) in [7, 11) is 0. The Morgan fingerprint density at radius 3 is 2.50 bits per heavy atom. The van der Waals surface area contributed by atoms with E-state index in [9.17, 15) is 0 Å². The van der Waals surface area contributed by atoms with Crippen LogP contribution in [0.2, 0.25) is 0 Å². The first-order valence-electron chi connectivity index (χ1n) is 6.88. The predicted molar refractivity (Wildman–Crippen MR) is 69.6 cm³/mol. The Labute approximate surface area is 100 Å². The molecule has 2 nitrogen and oxygen atoms in total. The molecule has 0 saturated carbocycles. The molecule has 0 fully saturated rings. The molecule has 0 radical (unpaired) electrons. The Kier molecular flexibility index (Phi) is 6.95. The van der Waals surface area contributed by atoms with Crippen molar-refractivity contribution in [2.45, 2.75) is 71.8 Å². The van der Waals surface area contributed by atoms with E-state index in [1.807, 2.05) is 6.20 Å². The van der Waals surface area contributed by atoms with Gasteiger partial charge in [0, 0.05) is 25.4 Å². The predicted octanol–water partition coefficient (Wildman–Crippen LogP) is 4.20. The molecule has 2 heteroatoms. The standard InChI is InChI=1S/C14H26N2/c1-3-5-7-8-9-12-16-13-11-15-14(16)10-6-4-2/h11,13H,3-10,12H2,1-2H3. The van der Waals surface area contributed by atoms with Crippen molar-refractivity contribution < 1.29 is 0 Å². The molecule has 0 unspecified atom stereocenters. The second-order valence-electron chi connectivity index (χ2n) is 4.55. The van der Waals surface area contributed by atoms with Crippen molar-refractivity contribution in [3.05, 3.63) is 18.2 Å². The van der Waals surface area contributed by atoms with Gasteiger partial charge in [-0.2, -0.15) is 0 Å². The van der Waals surface area contributed by atoms with E-state index < -0.39 is 0 Å². The van der Waals surface area contributed by atoms with Gasteiger partial charge in [0.1, 0.15) is 5.82 Å². The number of imidazole rings is 1. The number of hydrogen-bond donors (Lipinski definition) is 0. The zero-order chi connectivity index (χ0) is 11.6. The highest BCUT2D eigenvalue weighted by Gasteiger charge is 2.01. The molecule has 0 aromatic carbocycles. The summed E-state index contributed by atoms with van der Waals surface area (Å²) in [4.78, 5) is 4.43. The average molecular weight is 222 g/mol. The second kappa shape index (κ2) is 8.37. The van der Waals surface area contributed by atoms with E-state index in [0.717, 1.165) is 13.0 Å². The van der Waals surface area contributed by atoms with Crippen molar-refractivity contribution in [2.24, 2.45) is 0 Å². The molecule has 0 saturated heterocycles. The highest BCUT2D eigenvalue weighted by molar-refractivity contribution is 4.92. The van der Waals surface area contributed by atoms with Crippen molar-refractivity contribution in [3.8, 4) is 0 Å². The molecule has 1 rings (SSSR count). The quantitative estimate of drug-likeness (QED) is 0.573. The summed E-state index contributed by atoms with van der Waals surface area (Å²) in [5.74, 6) is 1.28. The average Bonchev–Trinajstić information content (AvgIpc) is 2.74. The van der Waals surface area contributed by atoms with E-state index >= 15 is 0 Å². The molecule has 1 aromatic heterocycles. The molecule has 0 amide bonds. The number of aryl methyl sites for hydroxylation is 2. The third-order valence-electron chi connectivity index (χ3n) is 3.06. The first kappa shape index (κ1) is 13.3. The fourth-order valence-electron chi connectivity index (χ4n) is 1.99. The Hall–Kier alpha value is -0.790. The molecular weight excluding hydrogens is 196 g/mol. The maximum Gasteiger partial charge on any atom is 0.108 e. The lowest BCUT2D eigenvalue weighted by Crippen LogP contribution is -2.03. The lowest BCUT2D eigenvalue weighted by Gasteiger charge is -2.07. The molecule has 1 aromatic rings. The van der Waals surface area contributed by atoms with Crippen LogP contribution in [0.4, 0.5) is 0 Å². The number of nitrogens with zero attached hydrogens (tertiary/aromatic N) is 2. The largest absolute Gasteiger partial charge is 0.335 e. The van der Waals surface area contributed by atoms with Crippen LogP contribution >= 0.6 is 0 Å². The van der Waals surface area contributed by atoms with Gasteiger partial charge in [0.25, 0.3) is 0 Å². The van der Waals surface area contributed by atoms with Crippen LogP contribution in [0.3, 0.4) is 0 Å². The topological polar surface area (TPSA) is 17.8 Å². The maximum atomic E-state index is 4.43. The Morgan fingerprint density at radius 1 is 1.00 bits per heavy atom. The third kappa shape index (κ3) is 4.82. The zero-order valence-corrected chi connectivity index (χ0v) is 10.9. The molecule has 0 aliphatic rings. The summed E-state index contributed by atoms with van der Waals surface area (Å²) < 4.78 is 2.33. The van der Waals surface area contributed by atoms with Crippen LogP contribution in [-0.4, -0.2) is 9.55 Å². The van der Waals surface area contributed by atoms with E-state index in [1.54, 1.807) is 0 Å². The normalized spacial score (nSPS) is 10.9. The Morgan fingerprint density at radius 2 is 1.75 bits per heavy atom. The molecule has 0 aliphatic carbocycles. The minimum Gasteiger partial charge on any atom is -0.335 e. The van der Waals surface area contributed by atoms with Crippen LogP contribution < -0.4 is 0 Å². The van der Waals surface area contributed by atoms with Gasteiger partial charge in [-0.05, 0) is 12.8 Å². The Bertz CT molecular complexity index is 265. The highest BCUT2D eigenvalue weighted by Crippen LogP contribution is 2.08. The van der Waals surface area contributed by atoms with Gasteiger partial charge in [0.05, 0.1) is 0 Å². The highest BCUT2D eigenvalue weighted by atomic mass is 15.1. The van der Waals surface area contributed by atoms with Crippen molar-refractivity contribution in [3.63, 3.8) is 0 Å². The van der Waals surface area contributed by atoms with E-state index in [4.69, 9.17) is 0 Å². The van der Waals surface area contributed by atoms with Crippen LogP contribution in [-0.2, 0) is 13.0 Å². The fraction of sp³-hybridized carbons (Fsp3) is 0.786. The van der Waals surface area contributed by atoms with Crippen LogP contribution in [0.25, 0.3) is 0 Å². The summed E-state index contributed by atoms with van der Waals surface area (Å²) in [5.41, 5.74) is 0. The summed E-state index contributed by atoms with van der Waals surface area (Å²) in [6.07, 6.45) is 14.5. The monoisotopic (exact) mass is 222 g/mol. The SMILES string of the molecule is CCCCCCCn1ccnc1CCCC. The van der Waals surface area contributed by atoms with E-state index in [1.165, 1.54) is 50.8 Å².